The Morgan fingerprint density at radius 2 is 1.71 bits per heavy atom. The fraction of sp³-hybridized carbons (Fsp3) is 0.235. The zero-order chi connectivity index (χ0) is 17.4. The van der Waals surface area contributed by atoms with Crippen LogP contribution in [0, 0.1) is 0 Å². The van der Waals surface area contributed by atoms with E-state index in [1.165, 1.54) is 12.1 Å². The van der Waals surface area contributed by atoms with Crippen LogP contribution in [0.2, 0.25) is 6.82 Å². The van der Waals surface area contributed by atoms with E-state index in [1.54, 1.807) is 6.82 Å². The molecule has 126 valence electrons. The molecule has 2 aromatic rings. The average molecular weight is 335 g/mol. The first-order valence-electron chi connectivity index (χ1n) is 7.78. The fourth-order valence-corrected chi connectivity index (χ4v) is 3.14. The molecule has 2 aromatic carbocycles. The summed E-state index contributed by atoms with van der Waals surface area (Å²) in [5.41, 5.74) is 0.894. The Morgan fingerprint density at radius 3 is 2.29 bits per heavy atom. The predicted octanol–water partition coefficient (Wildman–Crippen LogP) is 1.72. The van der Waals surface area contributed by atoms with Gasteiger partial charge in [0, 0.05) is 6.42 Å². The van der Waals surface area contributed by atoms with Crippen LogP contribution in [0.5, 0.6) is 0 Å². The minimum absolute atomic E-state index is 0.332. The zero-order valence-electron chi connectivity index (χ0n) is 13.1. The van der Waals surface area contributed by atoms with Gasteiger partial charge in [-0.15, -0.1) is 5.46 Å². The van der Waals surface area contributed by atoms with Crippen molar-refractivity contribution in [3.63, 3.8) is 0 Å². The van der Waals surface area contributed by atoms with Crippen molar-refractivity contribution in [2.45, 2.75) is 25.5 Å². The molecule has 7 heteroatoms. The van der Waals surface area contributed by atoms with Gasteiger partial charge in [0.25, 0.3) is 0 Å². The monoisotopic (exact) mass is 335 g/mol. The average Bonchev–Trinajstić information content (AvgIpc) is 2.83. The Labute approximate surface area is 137 Å². The lowest BCUT2D eigenvalue weighted by Crippen LogP contribution is -3.03. The minimum atomic E-state index is -4.38. The van der Waals surface area contributed by atoms with E-state index < -0.39 is 18.2 Å². The summed E-state index contributed by atoms with van der Waals surface area (Å²) in [6.07, 6.45) is -3.85. The van der Waals surface area contributed by atoms with E-state index in [0.29, 0.717) is 11.9 Å². The summed E-state index contributed by atoms with van der Waals surface area (Å²) in [4.78, 5) is 12.2. The maximum atomic E-state index is 12.7. The number of halogens is 3. The molecule has 1 heterocycles. The van der Waals surface area contributed by atoms with Crippen LogP contribution < -0.4 is 10.7 Å². The topological polar surface area (TPSA) is 42.9 Å². The van der Waals surface area contributed by atoms with E-state index in [0.717, 1.165) is 17.7 Å². The quantitative estimate of drug-likeness (QED) is 0.868. The third kappa shape index (κ3) is 3.31. The van der Waals surface area contributed by atoms with E-state index in [-0.39, 0.29) is 12.0 Å². The van der Waals surface area contributed by atoms with Crippen molar-refractivity contribution in [2.24, 2.45) is 0 Å². The van der Waals surface area contributed by atoms with Crippen molar-refractivity contribution in [2.75, 3.05) is 0 Å². The normalized spacial score (nSPS) is 24.0. The van der Waals surface area contributed by atoms with E-state index >= 15 is 0 Å². The van der Waals surface area contributed by atoms with E-state index in [4.69, 9.17) is 4.65 Å². The minimum Gasteiger partial charge on any atom is -0.631 e. The van der Waals surface area contributed by atoms with E-state index in [1.807, 2.05) is 35.6 Å². The second kappa shape index (κ2) is 5.98. The summed E-state index contributed by atoms with van der Waals surface area (Å²) in [5.74, 6) is -0.332. The van der Waals surface area contributed by atoms with Crippen molar-refractivity contribution < 1.29 is 27.8 Å². The van der Waals surface area contributed by atoms with Gasteiger partial charge in [-0.05, 0) is 5.56 Å². The third-order valence-electron chi connectivity index (χ3n) is 4.46. The molecule has 2 atom stereocenters. The van der Waals surface area contributed by atoms with Crippen LogP contribution in [0.15, 0.2) is 54.6 Å². The number of alkyl halides is 3. The summed E-state index contributed by atoms with van der Waals surface area (Å²) < 4.78 is 43.5. The van der Waals surface area contributed by atoms with Gasteiger partial charge in [-0.25, -0.2) is 0 Å². The number of rotatable bonds is 3. The maximum Gasteiger partial charge on any atom is 0.416 e. The molecule has 24 heavy (non-hydrogen) atoms. The van der Waals surface area contributed by atoms with Gasteiger partial charge in [-0.1, -0.05) is 61.4 Å². The first kappa shape index (κ1) is 16.6. The van der Waals surface area contributed by atoms with Crippen LogP contribution in [0.25, 0.3) is 0 Å². The molecule has 1 fully saturated rings. The second-order valence-electron chi connectivity index (χ2n) is 6.32. The highest BCUT2D eigenvalue weighted by atomic mass is 19.4. The first-order valence-corrected chi connectivity index (χ1v) is 7.78. The SMILES string of the molecule is C[B-]1(c2ccc(C(F)(F)F)cc2)[NH2+][C@@H](Cc2ccccc2)C(=O)O1. The Hall–Kier alpha value is -2.28. The first-order chi connectivity index (χ1) is 11.3. The number of hydrogen-bond donors (Lipinski definition) is 1. The van der Waals surface area contributed by atoms with Crippen LogP contribution >= 0.6 is 0 Å². The van der Waals surface area contributed by atoms with Crippen molar-refractivity contribution >= 4 is 17.9 Å². The van der Waals surface area contributed by atoms with Gasteiger partial charge in [-0.2, -0.15) is 13.2 Å². The number of benzene rings is 2. The molecule has 1 aliphatic rings. The predicted molar refractivity (Wildman–Crippen MR) is 84.6 cm³/mol. The molecule has 0 saturated carbocycles. The van der Waals surface area contributed by atoms with Gasteiger partial charge in [0.05, 0.1) is 5.56 Å². The van der Waals surface area contributed by atoms with E-state index in [2.05, 4.69) is 0 Å². The highest BCUT2D eigenvalue weighted by Crippen LogP contribution is 2.28. The van der Waals surface area contributed by atoms with E-state index in [9.17, 15) is 18.0 Å². The van der Waals surface area contributed by atoms with Crippen LogP contribution in [0.4, 0.5) is 13.2 Å². The number of nitrogens with two attached hydrogens (primary N) is 1. The molecular formula is C17H17BF3NO2. The van der Waals surface area contributed by atoms with Gasteiger partial charge >= 0.3 is 18.6 Å². The van der Waals surface area contributed by atoms with Gasteiger partial charge in [-0.3, -0.25) is 4.79 Å². The van der Waals surface area contributed by atoms with Crippen molar-refractivity contribution in [3.8, 4) is 0 Å². The lowest BCUT2D eigenvalue weighted by molar-refractivity contribution is -0.550. The highest BCUT2D eigenvalue weighted by Gasteiger charge is 2.45. The Balaban J connectivity index is 1.78. The molecule has 0 spiro atoms. The molecule has 0 radical (unpaired) electrons. The van der Waals surface area contributed by atoms with Crippen LogP contribution in [-0.2, 0) is 22.0 Å². The number of quaternary nitrogens is 1. The third-order valence-corrected chi connectivity index (χ3v) is 4.46. The maximum absolute atomic E-state index is 12.7. The molecule has 0 aromatic heterocycles. The van der Waals surface area contributed by atoms with Crippen molar-refractivity contribution in [1.82, 2.24) is 0 Å². The largest absolute Gasteiger partial charge is 0.631 e. The van der Waals surface area contributed by atoms with Crippen LogP contribution in [-0.4, -0.2) is 18.5 Å². The highest BCUT2D eigenvalue weighted by molar-refractivity contribution is 6.79. The number of hydrogen-bond acceptors (Lipinski definition) is 2. The molecule has 3 rings (SSSR count). The summed E-state index contributed by atoms with van der Waals surface area (Å²) >= 11 is 0. The van der Waals surface area contributed by atoms with Crippen molar-refractivity contribution in [3.05, 3.63) is 65.7 Å². The number of carbonyl (C=O) groups excluding carboxylic acids is 1. The lowest BCUT2D eigenvalue weighted by Gasteiger charge is -2.26. The molecule has 3 nitrogen and oxygen atoms in total. The molecule has 1 unspecified atom stereocenters. The second-order valence-corrected chi connectivity index (χ2v) is 6.32. The Kier molecular flexibility index (Phi) is 4.13. The lowest BCUT2D eigenvalue weighted by atomic mass is 9.49. The standard InChI is InChI=1S/C17H17BF3NO2/c1-18(14-9-7-13(8-10-14)17(19,20)21)22-15(16(23)24-18)11-12-5-3-2-4-6-12/h2-10,15H,11,22H2,1H3/t15-,18?/m0/s1. The molecule has 0 aliphatic carbocycles. The smallest absolute Gasteiger partial charge is 0.416 e. The van der Waals surface area contributed by atoms with Gasteiger partial charge in [0.1, 0.15) is 6.04 Å². The Bertz CT molecular complexity index is 734. The van der Waals surface area contributed by atoms with Crippen LogP contribution in [0.1, 0.15) is 11.1 Å². The van der Waals surface area contributed by atoms with Gasteiger partial charge < -0.3 is 9.88 Å². The molecule has 0 bridgehead atoms. The summed E-state index contributed by atoms with van der Waals surface area (Å²) in [5, 5.41) is 1.83. The molecule has 0 amide bonds. The molecule has 1 saturated heterocycles. The van der Waals surface area contributed by atoms with Crippen molar-refractivity contribution in [1.29, 1.82) is 0 Å². The molecule has 1 aliphatic heterocycles. The summed E-state index contributed by atoms with van der Waals surface area (Å²) in [6.45, 7) is -0.00165. The summed E-state index contributed by atoms with van der Waals surface area (Å²) in [6, 6.07) is 14.0. The fourth-order valence-electron chi connectivity index (χ4n) is 3.14. The zero-order valence-corrected chi connectivity index (χ0v) is 13.1. The summed E-state index contributed by atoms with van der Waals surface area (Å²) in [7, 11) is 0. The van der Waals surface area contributed by atoms with Crippen LogP contribution in [0.3, 0.4) is 0 Å². The Morgan fingerprint density at radius 1 is 1.08 bits per heavy atom. The van der Waals surface area contributed by atoms with Gasteiger partial charge in [0.15, 0.2) is 0 Å². The molecule has 2 N–H and O–H groups in total. The van der Waals surface area contributed by atoms with Gasteiger partial charge in [0.2, 0.25) is 0 Å². The molecular weight excluding hydrogens is 318 g/mol. The number of carbonyl (C=O) groups is 1.